The number of nitrogens with zero attached hydrogens (tertiary/aromatic N) is 2. The monoisotopic (exact) mass is 403 g/mol. The van der Waals surface area contributed by atoms with Crippen molar-refractivity contribution in [3.05, 3.63) is 46.5 Å². The highest BCUT2D eigenvalue weighted by Crippen LogP contribution is 2.26. The van der Waals surface area contributed by atoms with E-state index in [0.29, 0.717) is 23.3 Å². The molecule has 1 aromatic carbocycles. The molecule has 0 fully saturated rings. The van der Waals surface area contributed by atoms with Gasteiger partial charge in [0.15, 0.2) is 5.65 Å². The van der Waals surface area contributed by atoms with E-state index in [0.717, 1.165) is 29.8 Å². The maximum Gasteiger partial charge on any atom is 0.325 e. The summed E-state index contributed by atoms with van der Waals surface area (Å²) in [6.45, 7) is 2.73. The summed E-state index contributed by atoms with van der Waals surface area (Å²) in [6, 6.07) is 9.00. The van der Waals surface area contributed by atoms with Crippen molar-refractivity contribution in [1.82, 2.24) is 19.9 Å². The van der Waals surface area contributed by atoms with E-state index < -0.39 is 10.0 Å². The highest BCUT2D eigenvalue weighted by molar-refractivity contribution is 7.92. The van der Waals surface area contributed by atoms with Crippen molar-refractivity contribution in [2.24, 2.45) is 0 Å². The Bertz CT molecular complexity index is 1110. The van der Waals surface area contributed by atoms with Crippen LogP contribution in [-0.2, 0) is 10.0 Å². The van der Waals surface area contributed by atoms with Gasteiger partial charge in [-0.25, -0.2) is 18.2 Å². The fraction of sp³-hybridized carbons (Fsp3) is 0.368. The van der Waals surface area contributed by atoms with Crippen LogP contribution in [0.15, 0.2) is 35.1 Å². The second-order valence-corrected chi connectivity index (χ2v) is 8.95. The molecule has 0 bridgehead atoms. The Labute approximate surface area is 164 Å². The molecule has 0 spiro atoms. The van der Waals surface area contributed by atoms with Crippen molar-refractivity contribution in [3.8, 4) is 11.1 Å². The maximum atomic E-state index is 12.2. The number of imidazole rings is 1. The van der Waals surface area contributed by atoms with Crippen molar-refractivity contribution in [2.45, 2.75) is 19.8 Å². The molecule has 2 aromatic heterocycles. The van der Waals surface area contributed by atoms with Crippen LogP contribution in [0.1, 0.15) is 18.5 Å². The Morgan fingerprint density at radius 3 is 2.50 bits per heavy atom. The zero-order valence-corrected chi connectivity index (χ0v) is 17.1. The summed E-state index contributed by atoms with van der Waals surface area (Å²) in [7, 11) is 0.569. The summed E-state index contributed by atoms with van der Waals surface area (Å²) >= 11 is 0. The zero-order valence-electron chi connectivity index (χ0n) is 16.2. The fourth-order valence-electron chi connectivity index (χ4n) is 3.02. The lowest BCUT2D eigenvalue weighted by atomic mass is 10.0. The van der Waals surface area contributed by atoms with Crippen molar-refractivity contribution in [1.29, 1.82) is 0 Å². The number of hydrogen-bond donors (Lipinski definition) is 3. The number of aromatic amines is 2. The molecule has 3 aromatic rings. The second kappa shape index (κ2) is 8.15. The summed E-state index contributed by atoms with van der Waals surface area (Å²) in [6.07, 6.45) is 1.45. The van der Waals surface area contributed by atoms with Crippen LogP contribution in [-0.4, -0.2) is 54.7 Å². The van der Waals surface area contributed by atoms with Gasteiger partial charge in [0, 0.05) is 16.9 Å². The fourth-order valence-corrected chi connectivity index (χ4v) is 4.20. The molecular weight excluding hydrogens is 378 g/mol. The molecule has 0 atom stereocenters. The average Bonchev–Trinajstić information content (AvgIpc) is 2.97. The average molecular weight is 404 g/mol. The van der Waals surface area contributed by atoms with Gasteiger partial charge in [0.05, 0.1) is 11.3 Å². The van der Waals surface area contributed by atoms with Gasteiger partial charge in [-0.15, -0.1) is 0 Å². The lowest BCUT2D eigenvalue weighted by Gasteiger charge is -2.11. The number of rotatable bonds is 8. The zero-order chi connectivity index (χ0) is 20.3. The van der Waals surface area contributed by atoms with E-state index in [1.54, 1.807) is 12.1 Å². The number of unbranched alkanes of at least 4 members (excludes halogenated alkanes) is 1. The van der Waals surface area contributed by atoms with Gasteiger partial charge in [-0.2, -0.15) is 0 Å². The molecule has 0 radical (unpaired) electrons. The van der Waals surface area contributed by atoms with E-state index >= 15 is 0 Å². The number of aryl methyl sites for hydroxylation is 1. The normalized spacial score (nSPS) is 12.0. The van der Waals surface area contributed by atoms with Crippen molar-refractivity contribution in [3.63, 3.8) is 0 Å². The molecule has 0 aliphatic carbocycles. The van der Waals surface area contributed by atoms with Gasteiger partial charge in [-0.1, -0.05) is 12.1 Å². The predicted molar refractivity (Wildman–Crippen MR) is 112 cm³/mol. The standard InChI is InChI=1S/C19H25N5O3S/c1-13-16(12-17-18(20-13)22-19(25)21-17)14-6-8-15(9-7-14)23-28(26,27)11-5-4-10-24(2)3/h6-9,12,23H,4-5,10-11H2,1-3H3,(H2,20,21,22,25). The van der Waals surface area contributed by atoms with Gasteiger partial charge in [-0.3, -0.25) is 9.71 Å². The van der Waals surface area contributed by atoms with Gasteiger partial charge in [0.1, 0.15) is 0 Å². The molecule has 0 saturated carbocycles. The molecule has 0 aliphatic heterocycles. The van der Waals surface area contributed by atoms with Gasteiger partial charge in [-0.05, 0) is 64.2 Å². The SMILES string of the molecule is Cc1nc2[nH]c(=O)[nH]c2cc1-c1ccc(NS(=O)(=O)CCCCN(C)C)cc1. The first-order valence-electron chi connectivity index (χ1n) is 9.09. The summed E-state index contributed by atoms with van der Waals surface area (Å²) in [5, 5.41) is 0. The molecule has 0 amide bonds. The smallest absolute Gasteiger partial charge is 0.309 e. The van der Waals surface area contributed by atoms with E-state index in [1.807, 2.05) is 44.1 Å². The maximum absolute atomic E-state index is 12.2. The van der Waals surface area contributed by atoms with Crippen LogP contribution in [0.2, 0.25) is 0 Å². The largest absolute Gasteiger partial charge is 0.325 e. The van der Waals surface area contributed by atoms with Crippen molar-refractivity contribution < 1.29 is 8.42 Å². The molecular formula is C19H25N5O3S. The first-order valence-corrected chi connectivity index (χ1v) is 10.7. The van der Waals surface area contributed by atoms with Gasteiger partial charge in [0.2, 0.25) is 10.0 Å². The third-order valence-corrected chi connectivity index (χ3v) is 5.80. The van der Waals surface area contributed by atoms with Gasteiger partial charge < -0.3 is 9.88 Å². The molecule has 9 heteroatoms. The quantitative estimate of drug-likeness (QED) is 0.500. The topological polar surface area (TPSA) is 111 Å². The summed E-state index contributed by atoms with van der Waals surface area (Å²) in [5.41, 5.74) is 3.92. The predicted octanol–water partition coefficient (Wildman–Crippen LogP) is 2.31. The molecule has 8 nitrogen and oxygen atoms in total. The van der Waals surface area contributed by atoms with E-state index in [2.05, 4.69) is 19.7 Å². The highest BCUT2D eigenvalue weighted by Gasteiger charge is 2.12. The first-order chi connectivity index (χ1) is 13.2. The van der Waals surface area contributed by atoms with Crippen molar-refractivity contribution >= 4 is 26.9 Å². The van der Waals surface area contributed by atoms with E-state index in [4.69, 9.17) is 0 Å². The molecule has 0 aliphatic rings. The third-order valence-electron chi connectivity index (χ3n) is 4.43. The Kier molecular flexibility index (Phi) is 5.85. The summed E-state index contributed by atoms with van der Waals surface area (Å²) < 4.78 is 27.1. The summed E-state index contributed by atoms with van der Waals surface area (Å²) in [5.74, 6) is 0.100. The Morgan fingerprint density at radius 1 is 1.11 bits per heavy atom. The Morgan fingerprint density at radius 2 is 1.82 bits per heavy atom. The number of nitrogens with one attached hydrogen (secondary N) is 3. The van der Waals surface area contributed by atoms with E-state index in [1.165, 1.54) is 0 Å². The number of benzene rings is 1. The molecule has 3 rings (SSSR count). The van der Waals surface area contributed by atoms with Crippen molar-refractivity contribution in [2.75, 3.05) is 31.1 Å². The van der Waals surface area contributed by atoms with Crippen LogP contribution in [0.5, 0.6) is 0 Å². The lowest BCUT2D eigenvalue weighted by Crippen LogP contribution is -2.19. The Hall–Kier alpha value is -2.65. The van der Waals surface area contributed by atoms with Crippen LogP contribution in [0.4, 0.5) is 5.69 Å². The van der Waals surface area contributed by atoms with Crippen LogP contribution in [0.3, 0.4) is 0 Å². The lowest BCUT2D eigenvalue weighted by molar-refractivity contribution is 0.398. The number of anilines is 1. The van der Waals surface area contributed by atoms with Crippen LogP contribution in [0, 0.1) is 6.92 Å². The third kappa shape index (κ3) is 4.99. The summed E-state index contributed by atoms with van der Waals surface area (Å²) in [4.78, 5) is 23.2. The number of pyridine rings is 1. The molecule has 0 unspecified atom stereocenters. The number of H-pyrrole nitrogens is 2. The minimum absolute atomic E-state index is 0.100. The van der Waals surface area contributed by atoms with E-state index in [-0.39, 0.29) is 11.4 Å². The minimum Gasteiger partial charge on any atom is -0.309 e. The second-order valence-electron chi connectivity index (χ2n) is 7.11. The molecule has 28 heavy (non-hydrogen) atoms. The number of hydrogen-bond acceptors (Lipinski definition) is 5. The minimum atomic E-state index is -3.37. The van der Waals surface area contributed by atoms with Gasteiger partial charge in [0.25, 0.3) is 0 Å². The molecule has 2 heterocycles. The number of sulfonamides is 1. The molecule has 3 N–H and O–H groups in total. The first kappa shape index (κ1) is 20.1. The van der Waals surface area contributed by atoms with Crippen LogP contribution >= 0.6 is 0 Å². The van der Waals surface area contributed by atoms with Crippen LogP contribution < -0.4 is 10.4 Å². The van der Waals surface area contributed by atoms with Gasteiger partial charge >= 0.3 is 5.69 Å². The van der Waals surface area contributed by atoms with E-state index in [9.17, 15) is 13.2 Å². The Balaban J connectivity index is 1.71. The van der Waals surface area contributed by atoms with Crippen LogP contribution in [0.25, 0.3) is 22.3 Å². The molecule has 150 valence electrons. The highest BCUT2D eigenvalue weighted by atomic mass is 32.2. The molecule has 0 saturated heterocycles. The number of fused-ring (bicyclic) bond motifs is 1. The number of aromatic nitrogens is 3.